The van der Waals surface area contributed by atoms with E-state index in [2.05, 4.69) is 5.32 Å². The van der Waals surface area contributed by atoms with Crippen molar-refractivity contribution in [3.63, 3.8) is 0 Å². The molecule has 3 rings (SSSR count). The Morgan fingerprint density at radius 2 is 1.17 bits per heavy atom. The summed E-state index contributed by atoms with van der Waals surface area (Å²) in [6.07, 6.45) is -4.07. The summed E-state index contributed by atoms with van der Waals surface area (Å²) >= 11 is 0. The molecule has 0 saturated heterocycles. The van der Waals surface area contributed by atoms with E-state index in [4.69, 9.17) is 9.47 Å². The third kappa shape index (κ3) is 6.67. The standard InChI is InChI=1S/C26H24N2O7/c1-28(2)20-15-13-19(14-16-20)27-23(29)21(34-25(32)17-9-5-3-6-10-17)22(24(30)31)35-26(33)18-11-7-4-8-12-18/h3-16,21-22H,1-2H3,(H,27,29)(H,30,31). The zero-order valence-corrected chi connectivity index (χ0v) is 19.1. The second kappa shape index (κ2) is 11.5. The zero-order chi connectivity index (χ0) is 25.4. The summed E-state index contributed by atoms with van der Waals surface area (Å²) < 4.78 is 10.4. The van der Waals surface area contributed by atoms with Gasteiger partial charge < -0.3 is 24.8 Å². The number of amides is 1. The Kier molecular flexibility index (Phi) is 8.18. The second-order valence-electron chi connectivity index (χ2n) is 7.65. The van der Waals surface area contributed by atoms with E-state index in [0.29, 0.717) is 5.69 Å². The highest BCUT2D eigenvalue weighted by Crippen LogP contribution is 2.18. The molecule has 9 heteroatoms. The van der Waals surface area contributed by atoms with Crippen molar-refractivity contribution in [1.82, 2.24) is 0 Å². The van der Waals surface area contributed by atoms with Gasteiger partial charge in [0.15, 0.2) is 0 Å². The lowest BCUT2D eigenvalue weighted by molar-refractivity contribution is -0.157. The van der Waals surface area contributed by atoms with Gasteiger partial charge in [-0.3, -0.25) is 4.79 Å². The molecule has 0 aromatic heterocycles. The maximum Gasteiger partial charge on any atom is 0.349 e. The van der Waals surface area contributed by atoms with Crippen molar-refractivity contribution >= 4 is 35.2 Å². The Balaban J connectivity index is 1.88. The van der Waals surface area contributed by atoms with Gasteiger partial charge in [-0.15, -0.1) is 0 Å². The minimum atomic E-state index is -2.10. The van der Waals surface area contributed by atoms with Crippen LogP contribution in [0.5, 0.6) is 0 Å². The van der Waals surface area contributed by atoms with Crippen molar-refractivity contribution in [1.29, 1.82) is 0 Å². The van der Waals surface area contributed by atoms with Crippen LogP contribution in [-0.2, 0) is 19.1 Å². The van der Waals surface area contributed by atoms with Gasteiger partial charge >= 0.3 is 17.9 Å². The highest BCUT2D eigenvalue weighted by molar-refractivity contribution is 6.01. The number of anilines is 2. The van der Waals surface area contributed by atoms with E-state index >= 15 is 0 Å². The number of carbonyl (C=O) groups excluding carboxylic acids is 3. The highest BCUT2D eigenvalue weighted by atomic mass is 16.6. The minimum Gasteiger partial charge on any atom is -0.478 e. The van der Waals surface area contributed by atoms with E-state index in [1.54, 1.807) is 60.7 Å². The molecule has 0 aliphatic carbocycles. The molecule has 0 fully saturated rings. The van der Waals surface area contributed by atoms with Crippen LogP contribution in [0.4, 0.5) is 11.4 Å². The average Bonchev–Trinajstić information content (AvgIpc) is 2.87. The van der Waals surface area contributed by atoms with Crippen molar-refractivity contribution < 1.29 is 33.8 Å². The summed E-state index contributed by atoms with van der Waals surface area (Å²) in [7, 11) is 3.70. The molecule has 0 spiro atoms. The molecule has 1 amide bonds. The van der Waals surface area contributed by atoms with Crippen LogP contribution in [0, 0.1) is 0 Å². The lowest BCUT2D eigenvalue weighted by Crippen LogP contribution is -2.48. The lowest BCUT2D eigenvalue weighted by atomic mass is 10.1. The molecular weight excluding hydrogens is 452 g/mol. The molecule has 2 N–H and O–H groups in total. The number of nitrogens with zero attached hydrogens (tertiary/aromatic N) is 1. The first-order chi connectivity index (χ1) is 16.8. The van der Waals surface area contributed by atoms with Gasteiger partial charge in [0, 0.05) is 25.5 Å². The summed E-state index contributed by atoms with van der Waals surface area (Å²) in [6, 6.07) is 22.1. The van der Waals surface area contributed by atoms with E-state index in [1.165, 1.54) is 24.3 Å². The van der Waals surface area contributed by atoms with Crippen LogP contribution in [0.2, 0.25) is 0 Å². The highest BCUT2D eigenvalue weighted by Gasteiger charge is 2.41. The molecule has 3 aromatic rings. The van der Waals surface area contributed by atoms with E-state index in [0.717, 1.165) is 5.69 Å². The van der Waals surface area contributed by atoms with Crippen LogP contribution in [0.1, 0.15) is 20.7 Å². The number of hydrogen-bond acceptors (Lipinski definition) is 7. The van der Waals surface area contributed by atoms with Crippen LogP contribution in [0.25, 0.3) is 0 Å². The third-order valence-electron chi connectivity index (χ3n) is 4.92. The first-order valence-corrected chi connectivity index (χ1v) is 10.6. The molecule has 0 bridgehead atoms. The zero-order valence-electron chi connectivity index (χ0n) is 19.1. The van der Waals surface area contributed by atoms with Crippen molar-refractivity contribution in [3.8, 4) is 0 Å². The number of rotatable bonds is 9. The second-order valence-corrected chi connectivity index (χ2v) is 7.65. The largest absolute Gasteiger partial charge is 0.478 e. The molecule has 0 saturated carbocycles. The molecule has 2 unspecified atom stereocenters. The number of carboxylic acid groups (broad SMARTS) is 1. The molecule has 35 heavy (non-hydrogen) atoms. The quantitative estimate of drug-likeness (QED) is 0.452. The molecule has 2 atom stereocenters. The third-order valence-corrected chi connectivity index (χ3v) is 4.92. The van der Waals surface area contributed by atoms with Gasteiger partial charge in [-0.1, -0.05) is 36.4 Å². The molecule has 0 aliphatic rings. The number of benzene rings is 3. The molecule has 3 aromatic carbocycles. The Bertz CT molecular complexity index is 1180. The van der Waals surface area contributed by atoms with Crippen LogP contribution < -0.4 is 10.2 Å². The molecule has 0 radical (unpaired) electrons. The van der Waals surface area contributed by atoms with Crippen LogP contribution in [0.15, 0.2) is 84.9 Å². The number of carboxylic acids is 1. The summed E-state index contributed by atoms with van der Waals surface area (Å²) in [4.78, 5) is 52.2. The summed E-state index contributed by atoms with van der Waals surface area (Å²) in [5, 5.41) is 12.3. The lowest BCUT2D eigenvalue weighted by Gasteiger charge is -2.23. The van der Waals surface area contributed by atoms with Gasteiger partial charge in [0.25, 0.3) is 5.91 Å². The van der Waals surface area contributed by atoms with E-state index < -0.39 is 36.0 Å². The number of hydrogen-bond donors (Lipinski definition) is 2. The van der Waals surface area contributed by atoms with Gasteiger partial charge in [-0.05, 0) is 48.5 Å². The predicted octanol–water partition coefficient (Wildman–Crippen LogP) is 3.23. The summed E-state index contributed by atoms with van der Waals surface area (Å²) in [6.45, 7) is 0. The maximum absolute atomic E-state index is 13.1. The van der Waals surface area contributed by atoms with Crippen molar-refractivity contribution in [2.24, 2.45) is 0 Å². The van der Waals surface area contributed by atoms with Gasteiger partial charge in [-0.25, -0.2) is 14.4 Å². The van der Waals surface area contributed by atoms with Gasteiger partial charge in [-0.2, -0.15) is 0 Å². The number of carbonyl (C=O) groups is 4. The average molecular weight is 476 g/mol. The van der Waals surface area contributed by atoms with Crippen molar-refractivity contribution in [2.45, 2.75) is 12.2 Å². The molecule has 0 heterocycles. The summed E-state index contributed by atoms with van der Waals surface area (Å²) in [5.74, 6) is -4.56. The van der Waals surface area contributed by atoms with Crippen LogP contribution in [0.3, 0.4) is 0 Å². The van der Waals surface area contributed by atoms with Gasteiger partial charge in [0.2, 0.25) is 12.2 Å². The van der Waals surface area contributed by atoms with Crippen molar-refractivity contribution in [3.05, 3.63) is 96.1 Å². The predicted molar refractivity (Wildman–Crippen MR) is 128 cm³/mol. The Morgan fingerprint density at radius 1 is 0.714 bits per heavy atom. The smallest absolute Gasteiger partial charge is 0.349 e. The number of esters is 2. The fraction of sp³-hybridized carbons (Fsp3) is 0.154. The molecule has 180 valence electrons. The Morgan fingerprint density at radius 3 is 1.60 bits per heavy atom. The first-order valence-electron chi connectivity index (χ1n) is 10.6. The molecular formula is C26H24N2O7. The first kappa shape index (κ1) is 25.0. The fourth-order valence-electron chi connectivity index (χ4n) is 3.07. The van der Waals surface area contributed by atoms with Gasteiger partial charge in [0.05, 0.1) is 11.1 Å². The van der Waals surface area contributed by atoms with E-state index in [1.807, 2.05) is 19.0 Å². The van der Waals surface area contributed by atoms with Gasteiger partial charge in [0.1, 0.15) is 0 Å². The Hall–Kier alpha value is -4.66. The van der Waals surface area contributed by atoms with E-state index in [9.17, 15) is 24.3 Å². The molecule has 9 nitrogen and oxygen atoms in total. The normalized spacial score (nSPS) is 12.1. The number of aliphatic carboxylic acids is 1. The van der Waals surface area contributed by atoms with Crippen LogP contribution >= 0.6 is 0 Å². The Labute approximate surface area is 201 Å². The fourth-order valence-corrected chi connectivity index (χ4v) is 3.07. The topological polar surface area (TPSA) is 122 Å². The summed E-state index contributed by atoms with van der Waals surface area (Å²) in [5.41, 5.74) is 1.38. The maximum atomic E-state index is 13.1. The van der Waals surface area contributed by atoms with Crippen molar-refractivity contribution in [2.75, 3.05) is 24.3 Å². The minimum absolute atomic E-state index is 0.0755. The number of ether oxygens (including phenoxy) is 2. The number of nitrogens with one attached hydrogen (secondary N) is 1. The van der Waals surface area contributed by atoms with E-state index in [-0.39, 0.29) is 11.1 Å². The SMILES string of the molecule is CN(C)c1ccc(NC(=O)C(OC(=O)c2ccccc2)C(OC(=O)c2ccccc2)C(=O)O)cc1. The van der Waals surface area contributed by atoms with Crippen LogP contribution in [-0.4, -0.2) is 55.2 Å². The molecule has 0 aliphatic heterocycles. The monoisotopic (exact) mass is 476 g/mol.